The molecule has 0 aromatic heterocycles. The number of unbranched alkanes of at least 4 members (excludes halogenated alkanes) is 39. The van der Waals surface area contributed by atoms with Crippen LogP contribution in [-0.2, 0) is 0 Å². The van der Waals surface area contributed by atoms with Crippen LogP contribution in [0.15, 0.2) is 0 Å². The van der Waals surface area contributed by atoms with Crippen molar-refractivity contribution >= 4 is 0 Å². The Morgan fingerprint density at radius 2 is 0.304 bits per heavy atom. The van der Waals surface area contributed by atoms with E-state index in [0.29, 0.717) is 0 Å². The van der Waals surface area contributed by atoms with E-state index in [4.69, 9.17) is 0 Å². The standard InChI is InChI=1S/C45H93N/c1-3-5-7-9-11-13-15-17-19-21-23-25-27-29-31-33-35-37-39-41-43-45-46-44-42-40-38-36-34-32-30-28-26-24-22-20-18-16-14-12-10-8-6-4-2/h46H,3-45H2,1-2H3. The van der Waals surface area contributed by atoms with Crippen molar-refractivity contribution in [2.75, 3.05) is 13.1 Å². The van der Waals surface area contributed by atoms with Gasteiger partial charge in [0.25, 0.3) is 0 Å². The predicted octanol–water partition coefficient (Wildman–Crippen LogP) is 16.6. The molecular weight excluding hydrogens is 555 g/mol. The maximum absolute atomic E-state index is 3.70. The van der Waals surface area contributed by atoms with E-state index in [2.05, 4.69) is 19.2 Å². The van der Waals surface area contributed by atoms with E-state index in [9.17, 15) is 0 Å². The van der Waals surface area contributed by atoms with Crippen LogP contribution in [0.25, 0.3) is 0 Å². The molecule has 0 saturated carbocycles. The fourth-order valence-electron chi connectivity index (χ4n) is 7.31. The van der Waals surface area contributed by atoms with Gasteiger partial charge in [0.05, 0.1) is 0 Å². The van der Waals surface area contributed by atoms with Crippen LogP contribution >= 0.6 is 0 Å². The fourth-order valence-corrected chi connectivity index (χ4v) is 7.31. The predicted molar refractivity (Wildman–Crippen MR) is 214 cm³/mol. The number of rotatable bonds is 43. The van der Waals surface area contributed by atoms with Gasteiger partial charge in [0.15, 0.2) is 0 Å². The van der Waals surface area contributed by atoms with E-state index in [1.54, 1.807) is 0 Å². The van der Waals surface area contributed by atoms with Crippen LogP contribution in [0.4, 0.5) is 0 Å². The Labute approximate surface area is 294 Å². The summed E-state index contributed by atoms with van der Waals surface area (Å²) in [4.78, 5) is 0. The van der Waals surface area contributed by atoms with Gasteiger partial charge in [0.1, 0.15) is 0 Å². The molecule has 0 aromatic rings. The first-order chi connectivity index (χ1) is 22.9. The Bertz CT molecular complexity index is 443. The molecule has 1 nitrogen and oxygen atoms in total. The lowest BCUT2D eigenvalue weighted by Crippen LogP contribution is -2.16. The summed E-state index contributed by atoms with van der Waals surface area (Å²) in [6, 6.07) is 0. The average molecular weight is 648 g/mol. The third-order valence-corrected chi connectivity index (χ3v) is 10.7. The van der Waals surface area contributed by atoms with E-state index in [1.165, 1.54) is 276 Å². The lowest BCUT2D eigenvalue weighted by molar-refractivity contribution is 0.512. The van der Waals surface area contributed by atoms with Crippen molar-refractivity contribution in [3.8, 4) is 0 Å². The quantitative estimate of drug-likeness (QED) is 0.0649. The van der Waals surface area contributed by atoms with E-state index in [1.807, 2.05) is 0 Å². The Morgan fingerprint density at radius 1 is 0.174 bits per heavy atom. The minimum atomic E-state index is 1.25. The third kappa shape index (κ3) is 44.0. The SMILES string of the molecule is CCCCCCCCCCCCCCCCCCCCCCCNCCCCCCCCCCCCCCCCCCCCCC. The van der Waals surface area contributed by atoms with Crippen LogP contribution in [0.2, 0.25) is 0 Å². The fraction of sp³-hybridized carbons (Fsp3) is 1.00. The molecule has 0 saturated heterocycles. The Kier molecular flexibility index (Phi) is 44.9. The summed E-state index contributed by atoms with van der Waals surface area (Å²) in [5.41, 5.74) is 0. The molecule has 0 unspecified atom stereocenters. The van der Waals surface area contributed by atoms with E-state index < -0.39 is 0 Å². The van der Waals surface area contributed by atoms with Gasteiger partial charge in [-0.25, -0.2) is 0 Å². The largest absolute Gasteiger partial charge is 0.317 e. The van der Waals surface area contributed by atoms with Crippen molar-refractivity contribution in [3.05, 3.63) is 0 Å². The van der Waals surface area contributed by atoms with Crippen LogP contribution in [-0.4, -0.2) is 13.1 Å². The molecular formula is C45H93N. The molecule has 0 atom stereocenters. The van der Waals surface area contributed by atoms with Gasteiger partial charge in [-0.1, -0.05) is 264 Å². The first-order valence-electron chi connectivity index (χ1n) is 22.6. The van der Waals surface area contributed by atoms with Gasteiger partial charge in [-0.3, -0.25) is 0 Å². The van der Waals surface area contributed by atoms with Gasteiger partial charge >= 0.3 is 0 Å². The highest BCUT2D eigenvalue weighted by molar-refractivity contribution is 4.55. The molecule has 0 aromatic carbocycles. The van der Waals surface area contributed by atoms with Crippen molar-refractivity contribution in [1.82, 2.24) is 5.32 Å². The Balaban J connectivity index is 3.03. The van der Waals surface area contributed by atoms with Crippen molar-refractivity contribution < 1.29 is 0 Å². The number of hydrogen-bond acceptors (Lipinski definition) is 1. The van der Waals surface area contributed by atoms with Gasteiger partial charge in [-0.05, 0) is 25.9 Å². The normalized spacial score (nSPS) is 11.6. The molecule has 0 spiro atoms. The summed E-state index contributed by atoms with van der Waals surface area (Å²) in [7, 11) is 0. The monoisotopic (exact) mass is 648 g/mol. The molecule has 0 rings (SSSR count). The summed E-state index contributed by atoms with van der Waals surface area (Å²) >= 11 is 0. The molecule has 1 heteroatoms. The first-order valence-corrected chi connectivity index (χ1v) is 22.6. The second kappa shape index (κ2) is 45.0. The van der Waals surface area contributed by atoms with Gasteiger partial charge in [-0.2, -0.15) is 0 Å². The van der Waals surface area contributed by atoms with E-state index in [0.717, 1.165) is 0 Å². The molecule has 0 aliphatic carbocycles. The molecule has 278 valence electrons. The van der Waals surface area contributed by atoms with Crippen LogP contribution in [0.3, 0.4) is 0 Å². The summed E-state index contributed by atoms with van der Waals surface area (Å²) in [5.74, 6) is 0. The van der Waals surface area contributed by atoms with Crippen LogP contribution in [0, 0.1) is 0 Å². The van der Waals surface area contributed by atoms with Crippen molar-refractivity contribution in [3.63, 3.8) is 0 Å². The van der Waals surface area contributed by atoms with Gasteiger partial charge < -0.3 is 5.32 Å². The van der Waals surface area contributed by atoms with Gasteiger partial charge in [0.2, 0.25) is 0 Å². The molecule has 0 heterocycles. The van der Waals surface area contributed by atoms with Crippen LogP contribution in [0.5, 0.6) is 0 Å². The summed E-state index contributed by atoms with van der Waals surface area (Å²) in [6.07, 6.45) is 60.2. The highest BCUT2D eigenvalue weighted by Gasteiger charge is 1.98. The first kappa shape index (κ1) is 46.0. The summed E-state index contributed by atoms with van der Waals surface area (Å²) in [6.45, 7) is 7.12. The zero-order valence-electron chi connectivity index (χ0n) is 32.9. The molecule has 0 aliphatic rings. The molecule has 0 amide bonds. The third-order valence-electron chi connectivity index (χ3n) is 10.7. The summed E-state index contributed by atoms with van der Waals surface area (Å²) in [5, 5.41) is 3.70. The van der Waals surface area contributed by atoms with Crippen molar-refractivity contribution in [2.24, 2.45) is 0 Å². The van der Waals surface area contributed by atoms with Crippen LogP contribution < -0.4 is 5.32 Å². The average Bonchev–Trinajstić information content (AvgIpc) is 3.07. The molecule has 1 N–H and O–H groups in total. The molecule has 0 bridgehead atoms. The molecule has 0 radical (unpaired) electrons. The van der Waals surface area contributed by atoms with E-state index >= 15 is 0 Å². The maximum atomic E-state index is 3.70. The topological polar surface area (TPSA) is 12.0 Å². The smallest absolute Gasteiger partial charge is 0.00489 e. The second-order valence-corrected chi connectivity index (χ2v) is 15.5. The molecule has 46 heavy (non-hydrogen) atoms. The highest BCUT2D eigenvalue weighted by atomic mass is 14.8. The van der Waals surface area contributed by atoms with Crippen molar-refractivity contribution in [2.45, 2.75) is 277 Å². The minimum absolute atomic E-state index is 1.25. The molecule has 0 fully saturated rings. The number of hydrogen-bond donors (Lipinski definition) is 1. The minimum Gasteiger partial charge on any atom is -0.317 e. The summed E-state index contributed by atoms with van der Waals surface area (Å²) < 4.78 is 0. The Hall–Kier alpha value is -0.0400. The second-order valence-electron chi connectivity index (χ2n) is 15.5. The lowest BCUT2D eigenvalue weighted by atomic mass is 10.0. The maximum Gasteiger partial charge on any atom is -0.00489 e. The van der Waals surface area contributed by atoms with Crippen molar-refractivity contribution in [1.29, 1.82) is 0 Å². The lowest BCUT2D eigenvalue weighted by Gasteiger charge is -2.06. The Morgan fingerprint density at radius 3 is 0.457 bits per heavy atom. The zero-order valence-corrected chi connectivity index (χ0v) is 32.9. The molecule has 0 aliphatic heterocycles. The van der Waals surface area contributed by atoms with Gasteiger partial charge in [-0.15, -0.1) is 0 Å². The number of nitrogens with one attached hydrogen (secondary N) is 1. The van der Waals surface area contributed by atoms with Gasteiger partial charge in [0, 0.05) is 0 Å². The highest BCUT2D eigenvalue weighted by Crippen LogP contribution is 2.16. The van der Waals surface area contributed by atoms with E-state index in [-0.39, 0.29) is 0 Å². The zero-order chi connectivity index (χ0) is 33.1. The van der Waals surface area contributed by atoms with Crippen LogP contribution in [0.1, 0.15) is 277 Å².